The van der Waals surface area contributed by atoms with Crippen LogP contribution in [0.2, 0.25) is 5.02 Å². The molecule has 0 aliphatic heterocycles. The second kappa shape index (κ2) is 11.3. The summed E-state index contributed by atoms with van der Waals surface area (Å²) in [5.41, 5.74) is 0.508. The van der Waals surface area contributed by atoms with Crippen LogP contribution in [0.3, 0.4) is 0 Å². The van der Waals surface area contributed by atoms with Gasteiger partial charge in [0.2, 0.25) is 11.5 Å². The molecule has 0 saturated carbocycles. The van der Waals surface area contributed by atoms with Crippen LogP contribution in [0.4, 0.5) is 5.69 Å². The average Bonchev–Trinajstić information content (AvgIpc) is 2.88. The van der Waals surface area contributed by atoms with E-state index in [1.54, 1.807) is 66.7 Å². The standard InChI is InChI=1S/C25H21ClN6O4/c1-35-14-13-31-24(33)30-23(32(25(31)34)16-17-5-7-18(26)8-6-17)29-19-9-11-21(12-10-19)36-22-4-2-3-20(15-27)28-22/h2-12H,13-14,16H2,1H3,(H,29,30,33). The highest BCUT2D eigenvalue weighted by molar-refractivity contribution is 6.30. The summed E-state index contributed by atoms with van der Waals surface area (Å²) in [4.78, 5) is 37.1. The molecule has 0 aliphatic rings. The number of hydrogen-bond donors (Lipinski definition) is 1. The molecule has 2 heterocycles. The Bertz CT molecular complexity index is 1580. The zero-order valence-corrected chi connectivity index (χ0v) is 20.0. The molecule has 0 saturated heterocycles. The van der Waals surface area contributed by atoms with Crippen LogP contribution in [0.25, 0.3) is 0 Å². The van der Waals surface area contributed by atoms with Gasteiger partial charge in [-0.15, -0.1) is 0 Å². The van der Waals surface area contributed by atoms with Crippen LogP contribution in [0.1, 0.15) is 11.3 Å². The molecule has 36 heavy (non-hydrogen) atoms. The first-order valence-corrected chi connectivity index (χ1v) is 11.2. The van der Waals surface area contributed by atoms with Gasteiger partial charge in [-0.25, -0.2) is 24.1 Å². The van der Waals surface area contributed by atoms with Crippen LogP contribution < -0.4 is 21.7 Å². The lowest BCUT2D eigenvalue weighted by atomic mass is 10.2. The molecule has 11 heteroatoms. The number of ether oxygens (including phenoxy) is 2. The minimum Gasteiger partial charge on any atom is -0.439 e. The largest absolute Gasteiger partial charge is 0.439 e. The Balaban J connectivity index is 1.70. The molecule has 4 rings (SSSR count). The summed E-state index contributed by atoms with van der Waals surface area (Å²) < 4.78 is 13.2. The van der Waals surface area contributed by atoms with Crippen molar-refractivity contribution in [2.75, 3.05) is 13.7 Å². The van der Waals surface area contributed by atoms with Gasteiger partial charge >= 0.3 is 11.4 Å². The third-order valence-corrected chi connectivity index (χ3v) is 5.34. The van der Waals surface area contributed by atoms with E-state index in [0.717, 1.165) is 10.1 Å². The Morgan fingerprint density at radius 3 is 2.50 bits per heavy atom. The van der Waals surface area contributed by atoms with E-state index in [-0.39, 0.29) is 36.9 Å². The maximum atomic E-state index is 13.2. The molecular weight excluding hydrogens is 484 g/mol. The lowest BCUT2D eigenvalue weighted by molar-refractivity contribution is 0.183. The van der Waals surface area contributed by atoms with E-state index in [0.29, 0.717) is 16.5 Å². The number of nitrogens with one attached hydrogen (secondary N) is 1. The Kier molecular flexibility index (Phi) is 7.75. The average molecular weight is 505 g/mol. The van der Waals surface area contributed by atoms with Crippen molar-refractivity contribution in [1.29, 1.82) is 5.26 Å². The monoisotopic (exact) mass is 504 g/mol. The summed E-state index contributed by atoms with van der Waals surface area (Å²) in [5, 5.41) is 9.56. The molecule has 2 aromatic carbocycles. The van der Waals surface area contributed by atoms with Crippen molar-refractivity contribution in [3.8, 4) is 17.7 Å². The molecule has 0 spiro atoms. The zero-order chi connectivity index (χ0) is 25.5. The Morgan fingerprint density at radius 1 is 1.06 bits per heavy atom. The third kappa shape index (κ3) is 5.96. The van der Waals surface area contributed by atoms with Crippen molar-refractivity contribution in [2.45, 2.75) is 13.1 Å². The first kappa shape index (κ1) is 24.7. The number of methoxy groups -OCH3 is 1. The van der Waals surface area contributed by atoms with E-state index in [4.69, 9.17) is 26.3 Å². The number of aromatic amines is 1. The van der Waals surface area contributed by atoms with Crippen LogP contribution in [0.5, 0.6) is 11.6 Å². The molecule has 0 radical (unpaired) electrons. The highest BCUT2D eigenvalue weighted by atomic mass is 35.5. The lowest BCUT2D eigenvalue weighted by Gasteiger charge is -2.11. The Hall–Kier alpha value is -4.46. The van der Waals surface area contributed by atoms with Gasteiger partial charge in [0, 0.05) is 18.2 Å². The van der Waals surface area contributed by atoms with Gasteiger partial charge in [0.15, 0.2) is 0 Å². The number of halogens is 1. The highest BCUT2D eigenvalue weighted by Gasteiger charge is 2.10. The molecule has 182 valence electrons. The van der Waals surface area contributed by atoms with E-state index in [9.17, 15) is 9.59 Å². The van der Waals surface area contributed by atoms with Crippen LogP contribution in [0, 0.1) is 11.3 Å². The second-order valence-electron chi connectivity index (χ2n) is 7.57. The van der Waals surface area contributed by atoms with Crippen molar-refractivity contribution in [1.82, 2.24) is 19.1 Å². The number of rotatable bonds is 8. The molecule has 0 aliphatic carbocycles. The molecular formula is C25H21ClN6O4. The van der Waals surface area contributed by atoms with Gasteiger partial charge in [-0.05, 0) is 48.0 Å². The first-order chi connectivity index (χ1) is 17.5. The van der Waals surface area contributed by atoms with E-state index < -0.39 is 11.4 Å². The van der Waals surface area contributed by atoms with Crippen molar-refractivity contribution in [2.24, 2.45) is 4.99 Å². The van der Waals surface area contributed by atoms with Crippen molar-refractivity contribution < 1.29 is 9.47 Å². The zero-order valence-electron chi connectivity index (χ0n) is 19.2. The summed E-state index contributed by atoms with van der Waals surface area (Å²) in [7, 11) is 1.49. The summed E-state index contributed by atoms with van der Waals surface area (Å²) in [6.45, 7) is 0.466. The Morgan fingerprint density at radius 2 is 1.81 bits per heavy atom. The molecule has 0 fully saturated rings. The number of nitriles is 1. The van der Waals surface area contributed by atoms with Crippen molar-refractivity contribution in [3.05, 3.63) is 110 Å². The van der Waals surface area contributed by atoms with Crippen LogP contribution in [-0.2, 0) is 17.8 Å². The maximum Gasteiger partial charge on any atom is 0.335 e. The fraction of sp³-hybridized carbons (Fsp3) is 0.160. The van der Waals surface area contributed by atoms with Crippen LogP contribution >= 0.6 is 11.6 Å². The fourth-order valence-electron chi connectivity index (χ4n) is 3.30. The molecule has 4 aromatic rings. The lowest BCUT2D eigenvalue weighted by Crippen LogP contribution is -2.50. The fourth-order valence-corrected chi connectivity index (χ4v) is 3.43. The van der Waals surface area contributed by atoms with Crippen molar-refractivity contribution >= 4 is 17.3 Å². The summed E-state index contributed by atoms with van der Waals surface area (Å²) in [5.74, 6) is 0.762. The summed E-state index contributed by atoms with van der Waals surface area (Å²) in [6, 6.07) is 20.6. The Labute approximate surface area is 210 Å². The molecule has 0 amide bonds. The van der Waals surface area contributed by atoms with E-state index in [1.807, 2.05) is 6.07 Å². The number of nitrogens with zero attached hydrogens (tertiary/aromatic N) is 5. The predicted molar refractivity (Wildman–Crippen MR) is 132 cm³/mol. The molecule has 0 atom stereocenters. The summed E-state index contributed by atoms with van der Waals surface area (Å²) >= 11 is 5.99. The van der Waals surface area contributed by atoms with Crippen molar-refractivity contribution in [3.63, 3.8) is 0 Å². The van der Waals surface area contributed by atoms with Crippen LogP contribution in [-0.4, -0.2) is 32.8 Å². The first-order valence-electron chi connectivity index (χ1n) is 10.8. The van der Waals surface area contributed by atoms with Gasteiger partial charge in [-0.1, -0.05) is 29.8 Å². The van der Waals surface area contributed by atoms with Gasteiger partial charge in [0.25, 0.3) is 0 Å². The molecule has 2 aromatic heterocycles. The number of H-pyrrole nitrogens is 1. The van der Waals surface area contributed by atoms with E-state index in [2.05, 4.69) is 15.0 Å². The molecule has 10 nitrogen and oxygen atoms in total. The topological polar surface area (TPSA) is 127 Å². The third-order valence-electron chi connectivity index (χ3n) is 5.09. The summed E-state index contributed by atoms with van der Waals surface area (Å²) in [6.07, 6.45) is 0. The smallest absolute Gasteiger partial charge is 0.335 e. The van der Waals surface area contributed by atoms with Gasteiger partial charge in [-0.2, -0.15) is 5.26 Å². The predicted octanol–water partition coefficient (Wildman–Crippen LogP) is 2.98. The number of aromatic nitrogens is 4. The van der Waals surface area contributed by atoms with E-state index >= 15 is 0 Å². The molecule has 0 bridgehead atoms. The number of pyridine rings is 1. The maximum absolute atomic E-state index is 13.2. The normalized spacial score (nSPS) is 11.3. The second-order valence-corrected chi connectivity index (χ2v) is 8.01. The minimum absolute atomic E-state index is 0.0886. The van der Waals surface area contributed by atoms with E-state index in [1.165, 1.54) is 11.7 Å². The van der Waals surface area contributed by atoms with Gasteiger partial charge in [-0.3, -0.25) is 9.55 Å². The minimum atomic E-state index is -0.591. The van der Waals surface area contributed by atoms with Gasteiger partial charge < -0.3 is 9.47 Å². The van der Waals surface area contributed by atoms with Gasteiger partial charge in [0.1, 0.15) is 17.5 Å². The molecule has 0 unspecified atom stereocenters. The highest BCUT2D eigenvalue weighted by Crippen LogP contribution is 2.22. The van der Waals surface area contributed by atoms with Gasteiger partial charge in [0.05, 0.1) is 25.4 Å². The number of hydrogen-bond acceptors (Lipinski definition) is 7. The SMILES string of the molecule is COCCn1c(=O)[nH]/c(=N\c2ccc(Oc3cccc(C#N)n3)cc2)n(Cc2ccc(Cl)cc2)c1=O. The number of benzene rings is 2. The van der Waals surface area contributed by atoms with Crippen LogP contribution in [0.15, 0.2) is 81.3 Å². The molecule has 1 N–H and O–H groups in total. The quantitative estimate of drug-likeness (QED) is 0.393.